The van der Waals surface area contributed by atoms with Gasteiger partial charge in [-0.05, 0) is 37.7 Å². The minimum absolute atomic E-state index is 0.614. The van der Waals surface area contributed by atoms with Crippen LogP contribution in [-0.4, -0.2) is 36.1 Å². The number of allylic oxidation sites excluding steroid dienone is 1. The largest absolute Gasteiger partial charge is 0.356 e. The first-order valence-corrected chi connectivity index (χ1v) is 10.3. The fourth-order valence-corrected chi connectivity index (χ4v) is 3.85. The molecule has 5 heteroatoms. The molecule has 24 heavy (non-hydrogen) atoms. The Labute approximate surface area is 148 Å². The number of nitrogens with one attached hydrogen (secondary N) is 2. The standard InChI is InChI=1S/C19H29N3OS/c1-20-19(21-13-12-17-8-4-2-5-9-17)22-14-15-24(23)16-18-10-6-3-7-11-18/h3,6-8,10-11H,2,4-5,9,12-16H2,1H3,(H2,20,21,22). The maximum atomic E-state index is 12.1. The fraction of sp³-hybridized carbons (Fsp3) is 0.526. The van der Waals surface area contributed by atoms with E-state index in [9.17, 15) is 4.21 Å². The number of hydrogen-bond donors (Lipinski definition) is 2. The first-order chi connectivity index (χ1) is 11.8. The second kappa shape index (κ2) is 11.0. The average molecular weight is 348 g/mol. The zero-order chi connectivity index (χ0) is 17.0. The van der Waals surface area contributed by atoms with Crippen LogP contribution < -0.4 is 10.6 Å². The molecule has 0 radical (unpaired) electrons. The van der Waals surface area contributed by atoms with Crippen LogP contribution in [0, 0.1) is 0 Å². The van der Waals surface area contributed by atoms with Gasteiger partial charge in [-0.3, -0.25) is 9.20 Å². The summed E-state index contributed by atoms with van der Waals surface area (Å²) in [6, 6.07) is 9.99. The molecule has 1 aromatic carbocycles. The molecule has 0 saturated heterocycles. The second-order valence-electron chi connectivity index (χ2n) is 6.06. The van der Waals surface area contributed by atoms with Crippen molar-refractivity contribution in [1.29, 1.82) is 0 Å². The van der Waals surface area contributed by atoms with Crippen LogP contribution in [0.25, 0.3) is 0 Å². The van der Waals surface area contributed by atoms with Gasteiger partial charge >= 0.3 is 0 Å². The molecule has 0 bridgehead atoms. The van der Waals surface area contributed by atoms with E-state index in [1.165, 1.54) is 25.7 Å². The average Bonchev–Trinajstić information content (AvgIpc) is 2.62. The van der Waals surface area contributed by atoms with Crippen molar-refractivity contribution in [3.63, 3.8) is 0 Å². The normalized spacial score (nSPS) is 16.4. The Morgan fingerprint density at radius 3 is 2.67 bits per heavy atom. The highest BCUT2D eigenvalue weighted by molar-refractivity contribution is 7.84. The van der Waals surface area contributed by atoms with Crippen molar-refractivity contribution in [2.45, 2.75) is 37.9 Å². The summed E-state index contributed by atoms with van der Waals surface area (Å²) in [6.45, 7) is 1.57. The van der Waals surface area contributed by atoms with Crippen LogP contribution >= 0.6 is 0 Å². The summed E-state index contributed by atoms with van der Waals surface area (Å²) in [4.78, 5) is 4.23. The molecule has 0 saturated carbocycles. The Balaban J connectivity index is 1.60. The van der Waals surface area contributed by atoms with Crippen LogP contribution in [0.1, 0.15) is 37.7 Å². The van der Waals surface area contributed by atoms with Gasteiger partial charge in [0.05, 0.1) is 0 Å². The van der Waals surface area contributed by atoms with Crippen molar-refractivity contribution >= 4 is 16.8 Å². The van der Waals surface area contributed by atoms with Gasteiger partial charge < -0.3 is 10.6 Å². The highest BCUT2D eigenvalue weighted by Gasteiger charge is 2.05. The van der Waals surface area contributed by atoms with Crippen LogP contribution in [0.2, 0.25) is 0 Å². The topological polar surface area (TPSA) is 53.5 Å². The molecule has 2 rings (SSSR count). The predicted octanol–water partition coefficient (Wildman–Crippen LogP) is 2.99. The van der Waals surface area contributed by atoms with Crippen molar-refractivity contribution in [1.82, 2.24) is 10.6 Å². The van der Waals surface area contributed by atoms with Crippen molar-refractivity contribution < 1.29 is 4.21 Å². The molecule has 1 aliphatic carbocycles. The molecule has 0 aliphatic heterocycles. The molecule has 0 amide bonds. The van der Waals surface area contributed by atoms with Gasteiger partial charge in [0.1, 0.15) is 0 Å². The number of benzene rings is 1. The van der Waals surface area contributed by atoms with Crippen molar-refractivity contribution in [3.8, 4) is 0 Å². The van der Waals surface area contributed by atoms with Gasteiger partial charge in [-0.15, -0.1) is 0 Å². The fourth-order valence-electron chi connectivity index (χ4n) is 2.81. The molecule has 1 atom stereocenters. The van der Waals surface area contributed by atoms with Crippen molar-refractivity contribution in [2.24, 2.45) is 4.99 Å². The van der Waals surface area contributed by atoms with Crippen LogP contribution in [0.3, 0.4) is 0 Å². The molecule has 0 fully saturated rings. The van der Waals surface area contributed by atoms with E-state index in [0.717, 1.165) is 24.5 Å². The third-order valence-electron chi connectivity index (χ3n) is 4.14. The summed E-state index contributed by atoms with van der Waals surface area (Å²) >= 11 is 0. The quantitative estimate of drug-likeness (QED) is 0.432. The Morgan fingerprint density at radius 1 is 1.17 bits per heavy atom. The molecular formula is C19H29N3OS. The Morgan fingerprint density at radius 2 is 1.96 bits per heavy atom. The SMILES string of the molecule is CN=C(NCCC1=CCCCC1)NCCS(=O)Cc1ccccc1. The smallest absolute Gasteiger partial charge is 0.191 e. The lowest BCUT2D eigenvalue weighted by Crippen LogP contribution is -2.39. The zero-order valence-electron chi connectivity index (χ0n) is 14.6. The number of hydrogen-bond acceptors (Lipinski definition) is 2. The summed E-state index contributed by atoms with van der Waals surface area (Å²) in [5.74, 6) is 2.03. The van der Waals surface area contributed by atoms with Gasteiger partial charge in [0.2, 0.25) is 0 Å². The van der Waals surface area contributed by atoms with E-state index in [4.69, 9.17) is 0 Å². The van der Waals surface area contributed by atoms with Crippen LogP contribution in [0.4, 0.5) is 0 Å². The van der Waals surface area contributed by atoms with Crippen molar-refractivity contribution in [2.75, 3.05) is 25.9 Å². The Hall–Kier alpha value is -1.62. The summed E-state index contributed by atoms with van der Waals surface area (Å²) in [6.07, 6.45) is 8.60. The summed E-state index contributed by atoms with van der Waals surface area (Å²) in [7, 11) is 0.921. The molecule has 2 N–H and O–H groups in total. The Bertz CT molecular complexity index is 569. The van der Waals surface area contributed by atoms with E-state index in [2.05, 4.69) is 21.7 Å². The van der Waals surface area contributed by atoms with E-state index >= 15 is 0 Å². The van der Waals surface area contributed by atoms with Crippen LogP contribution in [-0.2, 0) is 16.6 Å². The number of nitrogens with zero attached hydrogens (tertiary/aromatic N) is 1. The first-order valence-electron chi connectivity index (χ1n) is 8.79. The first kappa shape index (κ1) is 18.7. The highest BCUT2D eigenvalue weighted by atomic mass is 32.2. The van der Waals surface area contributed by atoms with E-state index < -0.39 is 10.8 Å². The number of guanidine groups is 1. The zero-order valence-corrected chi connectivity index (χ0v) is 15.4. The number of aliphatic imine (C=N–C) groups is 1. The summed E-state index contributed by atoms with van der Waals surface area (Å²) in [5, 5.41) is 6.59. The van der Waals surface area contributed by atoms with Gasteiger partial charge in [0, 0.05) is 42.4 Å². The summed E-state index contributed by atoms with van der Waals surface area (Å²) < 4.78 is 12.1. The second-order valence-corrected chi connectivity index (χ2v) is 7.63. The van der Waals surface area contributed by atoms with Gasteiger partial charge in [-0.2, -0.15) is 0 Å². The van der Waals surface area contributed by atoms with Gasteiger partial charge in [0.15, 0.2) is 5.96 Å². The summed E-state index contributed by atoms with van der Waals surface area (Å²) in [5.41, 5.74) is 2.69. The van der Waals surface area contributed by atoms with E-state index in [1.54, 1.807) is 12.6 Å². The predicted molar refractivity (Wildman–Crippen MR) is 104 cm³/mol. The lowest BCUT2D eigenvalue weighted by Gasteiger charge is -2.15. The molecule has 0 aromatic heterocycles. The van der Waals surface area contributed by atoms with E-state index in [1.807, 2.05) is 30.3 Å². The van der Waals surface area contributed by atoms with Gasteiger partial charge in [0.25, 0.3) is 0 Å². The maximum absolute atomic E-state index is 12.1. The molecule has 1 aromatic rings. The lowest BCUT2D eigenvalue weighted by molar-refractivity contribution is 0.665. The van der Waals surface area contributed by atoms with Gasteiger partial charge in [-0.25, -0.2) is 0 Å². The highest BCUT2D eigenvalue weighted by Crippen LogP contribution is 2.19. The molecule has 4 nitrogen and oxygen atoms in total. The molecular weight excluding hydrogens is 318 g/mol. The van der Waals surface area contributed by atoms with Crippen LogP contribution in [0.5, 0.6) is 0 Å². The molecule has 132 valence electrons. The van der Waals surface area contributed by atoms with E-state index in [0.29, 0.717) is 18.1 Å². The molecule has 0 heterocycles. The molecule has 1 aliphatic rings. The molecule has 1 unspecified atom stereocenters. The van der Waals surface area contributed by atoms with E-state index in [-0.39, 0.29) is 0 Å². The van der Waals surface area contributed by atoms with Crippen molar-refractivity contribution in [3.05, 3.63) is 47.5 Å². The third kappa shape index (κ3) is 7.30. The third-order valence-corrected chi connectivity index (χ3v) is 5.45. The Kier molecular flexibility index (Phi) is 8.60. The minimum atomic E-state index is -0.853. The van der Waals surface area contributed by atoms with Gasteiger partial charge in [-0.1, -0.05) is 42.0 Å². The minimum Gasteiger partial charge on any atom is -0.356 e. The maximum Gasteiger partial charge on any atom is 0.191 e. The molecule has 0 spiro atoms. The van der Waals surface area contributed by atoms with Crippen LogP contribution in [0.15, 0.2) is 47.0 Å². The monoisotopic (exact) mass is 347 g/mol. The lowest BCUT2D eigenvalue weighted by atomic mass is 9.97. The number of rotatable bonds is 8.